The molecule has 1 aliphatic heterocycles. The number of ether oxygens (including phenoxy) is 1. The smallest absolute Gasteiger partial charge is 0.146 e. The number of aromatic nitrogens is 3. The molecule has 180 valence electrons. The Morgan fingerprint density at radius 3 is 2.60 bits per heavy atom. The Bertz CT molecular complexity index is 1290. The first-order chi connectivity index (χ1) is 17.2. The molecule has 2 aromatic heterocycles. The van der Waals surface area contributed by atoms with E-state index in [-0.39, 0.29) is 0 Å². The minimum Gasteiger partial charge on any atom is -0.489 e. The summed E-state index contributed by atoms with van der Waals surface area (Å²) < 4.78 is 8.44. The van der Waals surface area contributed by atoms with Gasteiger partial charge in [-0.2, -0.15) is 0 Å². The lowest BCUT2D eigenvalue weighted by molar-refractivity contribution is 0.117. The fraction of sp³-hybridized carbons (Fsp3) is 0.379. The van der Waals surface area contributed by atoms with Crippen molar-refractivity contribution in [2.75, 3.05) is 25.4 Å². The second-order valence-electron chi connectivity index (χ2n) is 10.1. The third-order valence-corrected chi connectivity index (χ3v) is 7.60. The van der Waals surface area contributed by atoms with E-state index in [4.69, 9.17) is 10.5 Å². The van der Waals surface area contributed by atoms with Crippen LogP contribution in [-0.2, 0) is 6.61 Å². The Morgan fingerprint density at radius 2 is 1.77 bits per heavy atom. The lowest BCUT2D eigenvalue weighted by Gasteiger charge is -2.40. The van der Waals surface area contributed by atoms with Crippen molar-refractivity contribution >= 4 is 16.9 Å². The SMILES string of the molecule is Nc1ncnc2c1c(-c1cccc(OCc3ccccc3)c1)cn2C1CC(CN2CCCCC2)C1. The zero-order chi connectivity index (χ0) is 23.6. The second-order valence-corrected chi connectivity index (χ2v) is 10.1. The van der Waals surface area contributed by atoms with Crippen molar-refractivity contribution in [1.29, 1.82) is 0 Å². The van der Waals surface area contributed by atoms with Gasteiger partial charge in [-0.05, 0) is 68.0 Å². The molecular formula is C29H33N5O. The zero-order valence-corrected chi connectivity index (χ0v) is 20.1. The van der Waals surface area contributed by atoms with Gasteiger partial charge in [0.05, 0.1) is 5.39 Å². The lowest BCUT2D eigenvalue weighted by Crippen LogP contribution is -2.39. The summed E-state index contributed by atoms with van der Waals surface area (Å²) in [7, 11) is 0. The van der Waals surface area contributed by atoms with E-state index in [1.54, 1.807) is 6.33 Å². The molecule has 1 saturated heterocycles. The molecule has 3 heterocycles. The molecule has 1 aliphatic carbocycles. The molecule has 35 heavy (non-hydrogen) atoms. The van der Waals surface area contributed by atoms with Crippen molar-refractivity contribution in [3.8, 4) is 16.9 Å². The molecule has 1 saturated carbocycles. The van der Waals surface area contributed by atoms with Gasteiger partial charge in [-0.25, -0.2) is 9.97 Å². The van der Waals surface area contributed by atoms with Gasteiger partial charge in [-0.1, -0.05) is 48.9 Å². The van der Waals surface area contributed by atoms with Gasteiger partial charge in [0.1, 0.15) is 30.1 Å². The van der Waals surface area contributed by atoms with Gasteiger partial charge in [-0.15, -0.1) is 0 Å². The first kappa shape index (κ1) is 22.1. The van der Waals surface area contributed by atoms with Crippen molar-refractivity contribution in [3.05, 3.63) is 72.7 Å². The minimum atomic E-state index is 0.466. The number of likely N-dealkylation sites (tertiary alicyclic amines) is 1. The summed E-state index contributed by atoms with van der Waals surface area (Å²) in [4.78, 5) is 11.6. The Hall–Kier alpha value is -3.38. The summed E-state index contributed by atoms with van der Waals surface area (Å²) in [5.74, 6) is 2.14. The number of anilines is 1. The average molecular weight is 468 g/mol. The molecule has 6 nitrogen and oxygen atoms in total. The van der Waals surface area contributed by atoms with Gasteiger partial charge in [0.15, 0.2) is 0 Å². The van der Waals surface area contributed by atoms with E-state index in [0.717, 1.165) is 39.4 Å². The average Bonchev–Trinajstić information content (AvgIpc) is 3.27. The van der Waals surface area contributed by atoms with Crippen molar-refractivity contribution in [2.45, 2.75) is 44.8 Å². The van der Waals surface area contributed by atoms with E-state index in [2.05, 4.69) is 49.9 Å². The Morgan fingerprint density at radius 1 is 0.943 bits per heavy atom. The summed E-state index contributed by atoms with van der Waals surface area (Å²) in [5.41, 5.74) is 10.6. The second kappa shape index (κ2) is 9.70. The number of nitrogen functional groups attached to an aromatic ring is 1. The molecular weight excluding hydrogens is 434 g/mol. The van der Waals surface area contributed by atoms with Crippen LogP contribution in [0.15, 0.2) is 67.1 Å². The summed E-state index contributed by atoms with van der Waals surface area (Å²) in [6.45, 7) is 4.31. The van der Waals surface area contributed by atoms with Crippen LogP contribution in [0.3, 0.4) is 0 Å². The number of hydrogen-bond acceptors (Lipinski definition) is 5. The molecule has 0 radical (unpaired) electrons. The van der Waals surface area contributed by atoms with Crippen molar-refractivity contribution in [3.63, 3.8) is 0 Å². The van der Waals surface area contributed by atoms with Crippen molar-refractivity contribution < 1.29 is 4.74 Å². The molecule has 2 aromatic carbocycles. The number of nitrogens with zero attached hydrogens (tertiary/aromatic N) is 4. The fourth-order valence-electron chi connectivity index (χ4n) is 5.68. The zero-order valence-electron chi connectivity index (χ0n) is 20.1. The third-order valence-electron chi connectivity index (χ3n) is 7.60. The van der Waals surface area contributed by atoms with Gasteiger partial charge in [-0.3, -0.25) is 0 Å². The molecule has 0 spiro atoms. The molecule has 0 amide bonds. The number of fused-ring (bicyclic) bond motifs is 1. The normalized spacial score (nSPS) is 20.6. The van der Waals surface area contributed by atoms with Gasteiger partial charge in [0.2, 0.25) is 0 Å². The van der Waals surface area contributed by atoms with E-state index in [0.29, 0.717) is 18.5 Å². The molecule has 0 unspecified atom stereocenters. The monoisotopic (exact) mass is 467 g/mol. The van der Waals surface area contributed by atoms with Crippen LogP contribution in [0.4, 0.5) is 5.82 Å². The van der Waals surface area contributed by atoms with Crippen LogP contribution in [-0.4, -0.2) is 39.1 Å². The maximum atomic E-state index is 6.39. The number of nitrogens with two attached hydrogens (primary N) is 1. The van der Waals surface area contributed by atoms with Crippen LogP contribution in [0.5, 0.6) is 5.75 Å². The molecule has 0 atom stereocenters. The third kappa shape index (κ3) is 4.63. The van der Waals surface area contributed by atoms with Gasteiger partial charge in [0, 0.05) is 24.3 Å². The summed E-state index contributed by atoms with van der Waals surface area (Å²) in [6, 6.07) is 18.9. The highest BCUT2D eigenvalue weighted by Crippen LogP contribution is 2.43. The van der Waals surface area contributed by atoms with E-state index in [1.165, 1.54) is 51.7 Å². The number of benzene rings is 2. The van der Waals surface area contributed by atoms with Crippen molar-refractivity contribution in [1.82, 2.24) is 19.4 Å². The van der Waals surface area contributed by atoms with Gasteiger partial charge >= 0.3 is 0 Å². The first-order valence-corrected chi connectivity index (χ1v) is 12.8. The molecule has 2 fully saturated rings. The fourth-order valence-corrected chi connectivity index (χ4v) is 5.68. The number of hydrogen-bond donors (Lipinski definition) is 1. The van der Waals surface area contributed by atoms with Crippen LogP contribution in [0.1, 0.15) is 43.7 Å². The van der Waals surface area contributed by atoms with Crippen LogP contribution in [0, 0.1) is 5.92 Å². The Kier molecular flexibility index (Phi) is 6.13. The predicted octanol–water partition coefficient (Wildman–Crippen LogP) is 5.70. The first-order valence-electron chi connectivity index (χ1n) is 12.8. The molecule has 2 N–H and O–H groups in total. The maximum absolute atomic E-state index is 6.39. The molecule has 6 heteroatoms. The molecule has 2 aliphatic rings. The molecule has 4 aromatic rings. The Balaban J connectivity index is 1.23. The topological polar surface area (TPSA) is 69.2 Å². The Labute approximate surface area is 206 Å². The van der Waals surface area contributed by atoms with E-state index in [1.807, 2.05) is 30.3 Å². The van der Waals surface area contributed by atoms with Crippen LogP contribution >= 0.6 is 0 Å². The van der Waals surface area contributed by atoms with E-state index in [9.17, 15) is 0 Å². The van der Waals surface area contributed by atoms with E-state index >= 15 is 0 Å². The summed E-state index contributed by atoms with van der Waals surface area (Å²) in [6.07, 6.45) is 10.3. The summed E-state index contributed by atoms with van der Waals surface area (Å²) in [5, 5.41) is 0.937. The van der Waals surface area contributed by atoms with Crippen molar-refractivity contribution in [2.24, 2.45) is 5.92 Å². The minimum absolute atomic E-state index is 0.466. The molecule has 6 rings (SSSR count). The van der Waals surface area contributed by atoms with E-state index < -0.39 is 0 Å². The molecule has 0 bridgehead atoms. The summed E-state index contributed by atoms with van der Waals surface area (Å²) >= 11 is 0. The largest absolute Gasteiger partial charge is 0.489 e. The highest BCUT2D eigenvalue weighted by atomic mass is 16.5. The maximum Gasteiger partial charge on any atom is 0.146 e. The van der Waals surface area contributed by atoms with Crippen LogP contribution in [0.25, 0.3) is 22.2 Å². The highest BCUT2D eigenvalue weighted by Gasteiger charge is 2.33. The predicted molar refractivity (Wildman–Crippen MR) is 140 cm³/mol. The highest BCUT2D eigenvalue weighted by molar-refractivity contribution is 6.00. The quantitative estimate of drug-likeness (QED) is 0.378. The standard InChI is InChI=1S/C29H33N5O/c30-28-27-26(23-10-7-11-25(16-23)35-19-21-8-3-1-4-9-21)18-34(29(27)32-20-31-28)24-14-22(15-24)17-33-12-5-2-6-13-33/h1,3-4,7-11,16,18,20,22,24H,2,5-6,12-15,17,19H2,(H2,30,31,32). The van der Waals surface area contributed by atoms with Gasteiger partial charge in [0.25, 0.3) is 0 Å². The van der Waals surface area contributed by atoms with Gasteiger partial charge < -0.3 is 19.9 Å². The van der Waals surface area contributed by atoms with Crippen LogP contribution in [0.2, 0.25) is 0 Å². The van der Waals surface area contributed by atoms with Crippen LogP contribution < -0.4 is 10.5 Å². The number of piperidine rings is 1. The number of rotatable bonds is 7. The lowest BCUT2D eigenvalue weighted by atomic mass is 9.79.